The summed E-state index contributed by atoms with van der Waals surface area (Å²) in [4.78, 5) is 11.2. The van der Waals surface area contributed by atoms with Gasteiger partial charge in [0, 0.05) is 0 Å². The van der Waals surface area contributed by atoms with Crippen molar-refractivity contribution in [3.8, 4) is 0 Å². The summed E-state index contributed by atoms with van der Waals surface area (Å²) in [5, 5.41) is 18.9. The van der Waals surface area contributed by atoms with Gasteiger partial charge in [-0.1, -0.05) is 26.0 Å². The second-order valence-corrected chi connectivity index (χ2v) is 4.92. The number of rotatable bonds is 1. The van der Waals surface area contributed by atoms with E-state index < -0.39 is 17.5 Å². The first-order valence-electron chi connectivity index (χ1n) is 4.84. The van der Waals surface area contributed by atoms with E-state index in [-0.39, 0.29) is 5.41 Å². The second-order valence-electron chi connectivity index (χ2n) is 4.92. The number of aliphatic hydroxyl groups is 1. The highest BCUT2D eigenvalue weighted by molar-refractivity contribution is 5.79. The summed E-state index contributed by atoms with van der Waals surface area (Å²) in [7, 11) is 0. The number of aliphatic hydroxyl groups excluding tert-OH is 1. The molecule has 2 N–H and O–H groups in total. The molecule has 0 amide bonds. The Morgan fingerprint density at radius 1 is 1.50 bits per heavy atom. The molecule has 3 heteroatoms. The lowest BCUT2D eigenvalue weighted by Gasteiger charge is -2.45. The molecule has 1 aliphatic carbocycles. The minimum atomic E-state index is -1.19. The van der Waals surface area contributed by atoms with Gasteiger partial charge >= 0.3 is 5.97 Å². The maximum Gasteiger partial charge on any atom is 0.316 e. The normalized spacial score (nSPS) is 36.9. The minimum absolute atomic E-state index is 0.202. The molecule has 14 heavy (non-hydrogen) atoms. The van der Waals surface area contributed by atoms with Crippen LogP contribution in [0.3, 0.4) is 0 Å². The Morgan fingerprint density at radius 3 is 2.36 bits per heavy atom. The van der Waals surface area contributed by atoms with Crippen LogP contribution in [0.4, 0.5) is 0 Å². The average molecular weight is 198 g/mol. The van der Waals surface area contributed by atoms with Crippen LogP contribution in [0.1, 0.15) is 33.6 Å². The highest BCUT2D eigenvalue weighted by Crippen LogP contribution is 2.49. The lowest BCUT2D eigenvalue weighted by molar-refractivity contribution is -0.155. The molecule has 0 aromatic heterocycles. The van der Waals surface area contributed by atoms with E-state index in [1.807, 2.05) is 13.8 Å². The van der Waals surface area contributed by atoms with Crippen molar-refractivity contribution in [3.05, 3.63) is 12.2 Å². The first-order valence-corrected chi connectivity index (χ1v) is 4.84. The van der Waals surface area contributed by atoms with Crippen LogP contribution in [0.25, 0.3) is 0 Å². The molecule has 2 atom stereocenters. The molecule has 80 valence electrons. The van der Waals surface area contributed by atoms with Crippen molar-refractivity contribution in [2.45, 2.75) is 39.7 Å². The lowest BCUT2D eigenvalue weighted by atomic mass is 9.59. The van der Waals surface area contributed by atoms with Gasteiger partial charge < -0.3 is 10.2 Å². The highest BCUT2D eigenvalue weighted by Gasteiger charge is 2.51. The zero-order valence-electron chi connectivity index (χ0n) is 9.00. The summed E-state index contributed by atoms with van der Waals surface area (Å²) in [6.07, 6.45) is 0.491. The van der Waals surface area contributed by atoms with Crippen LogP contribution in [-0.4, -0.2) is 22.3 Å². The van der Waals surface area contributed by atoms with E-state index >= 15 is 0 Å². The van der Waals surface area contributed by atoms with Crippen molar-refractivity contribution in [1.29, 1.82) is 0 Å². The molecule has 0 bridgehead atoms. The number of carboxylic acids is 1. The summed E-state index contributed by atoms with van der Waals surface area (Å²) in [5.74, 6) is -0.984. The van der Waals surface area contributed by atoms with Gasteiger partial charge in [-0.2, -0.15) is 0 Å². The van der Waals surface area contributed by atoms with Crippen LogP contribution in [0.15, 0.2) is 12.2 Å². The number of hydrogen-bond acceptors (Lipinski definition) is 2. The lowest BCUT2D eigenvalue weighted by Crippen LogP contribution is -2.49. The van der Waals surface area contributed by atoms with Gasteiger partial charge in [0.25, 0.3) is 0 Å². The summed E-state index contributed by atoms with van der Waals surface area (Å²) in [6, 6.07) is 0. The van der Waals surface area contributed by atoms with Gasteiger partial charge in [-0.25, -0.2) is 0 Å². The Bertz CT molecular complexity index is 280. The van der Waals surface area contributed by atoms with Crippen LogP contribution in [-0.2, 0) is 4.79 Å². The van der Waals surface area contributed by atoms with E-state index in [0.29, 0.717) is 12.0 Å². The van der Waals surface area contributed by atoms with Crippen molar-refractivity contribution in [2.75, 3.05) is 0 Å². The molecule has 0 unspecified atom stereocenters. The van der Waals surface area contributed by atoms with Gasteiger partial charge in [-0.3, -0.25) is 4.79 Å². The predicted octanol–water partition coefficient (Wildman–Crippen LogP) is 1.81. The van der Waals surface area contributed by atoms with Crippen molar-refractivity contribution in [2.24, 2.45) is 10.8 Å². The summed E-state index contributed by atoms with van der Waals surface area (Å²) in [6.45, 7) is 9.36. The van der Waals surface area contributed by atoms with Crippen molar-refractivity contribution < 1.29 is 15.0 Å². The van der Waals surface area contributed by atoms with Crippen LogP contribution in [0, 0.1) is 10.8 Å². The minimum Gasteiger partial charge on any atom is -0.481 e. The Labute approximate surface area is 84.4 Å². The maximum absolute atomic E-state index is 11.2. The van der Waals surface area contributed by atoms with E-state index in [0.717, 1.165) is 6.42 Å². The molecule has 0 aliphatic heterocycles. The number of aliphatic carboxylic acids is 1. The molecule has 0 aromatic carbocycles. The monoisotopic (exact) mass is 198 g/mol. The fourth-order valence-corrected chi connectivity index (χ4v) is 2.11. The third kappa shape index (κ3) is 1.36. The van der Waals surface area contributed by atoms with E-state index in [1.165, 1.54) is 0 Å². The smallest absolute Gasteiger partial charge is 0.316 e. The van der Waals surface area contributed by atoms with Crippen molar-refractivity contribution in [3.63, 3.8) is 0 Å². The molecule has 0 aromatic rings. The van der Waals surface area contributed by atoms with E-state index in [9.17, 15) is 9.90 Å². The fraction of sp³-hybridized carbons (Fsp3) is 0.727. The van der Waals surface area contributed by atoms with Crippen LogP contribution >= 0.6 is 0 Å². The first-order chi connectivity index (χ1) is 6.23. The zero-order chi connectivity index (χ0) is 11.1. The molecule has 1 fully saturated rings. The van der Waals surface area contributed by atoms with Crippen LogP contribution < -0.4 is 0 Å². The van der Waals surface area contributed by atoms with E-state index in [1.54, 1.807) is 6.92 Å². The third-order valence-corrected chi connectivity index (χ3v) is 3.60. The Kier molecular flexibility index (Phi) is 2.48. The molecular weight excluding hydrogens is 180 g/mol. The zero-order valence-corrected chi connectivity index (χ0v) is 9.00. The first kappa shape index (κ1) is 11.2. The van der Waals surface area contributed by atoms with Gasteiger partial charge in [0.1, 0.15) is 5.41 Å². The molecule has 0 spiro atoms. The molecule has 0 radical (unpaired) electrons. The van der Waals surface area contributed by atoms with Gasteiger partial charge in [-0.05, 0) is 25.2 Å². The summed E-state index contributed by atoms with van der Waals surface area (Å²) in [5.41, 5.74) is -0.773. The Balaban J connectivity index is 3.14. The third-order valence-electron chi connectivity index (χ3n) is 3.60. The maximum atomic E-state index is 11.2. The van der Waals surface area contributed by atoms with E-state index in [2.05, 4.69) is 6.58 Å². The van der Waals surface area contributed by atoms with Gasteiger partial charge in [0.05, 0.1) is 6.10 Å². The predicted molar refractivity (Wildman–Crippen MR) is 53.9 cm³/mol. The molecule has 3 nitrogen and oxygen atoms in total. The molecule has 0 heterocycles. The quantitative estimate of drug-likeness (QED) is 0.632. The number of hydrogen-bond donors (Lipinski definition) is 2. The number of carboxylic acid groups (broad SMARTS) is 1. The van der Waals surface area contributed by atoms with Gasteiger partial charge in [-0.15, -0.1) is 0 Å². The van der Waals surface area contributed by atoms with E-state index in [4.69, 9.17) is 5.11 Å². The molecule has 0 saturated heterocycles. The SMILES string of the molecule is C=C1C(C)(C)CC[C@@H](O)[C@]1(C)C(=O)O. The standard InChI is InChI=1S/C11H18O3/c1-7-10(2,3)6-5-8(12)11(7,4)9(13)14/h8,12H,1,5-6H2,2-4H3,(H,13,14)/t8-,11-/m1/s1. The van der Waals surface area contributed by atoms with Crippen LogP contribution in [0.5, 0.6) is 0 Å². The van der Waals surface area contributed by atoms with Crippen LogP contribution in [0.2, 0.25) is 0 Å². The van der Waals surface area contributed by atoms with Gasteiger partial charge in [0.2, 0.25) is 0 Å². The molecular formula is C11H18O3. The largest absolute Gasteiger partial charge is 0.481 e. The van der Waals surface area contributed by atoms with Crippen molar-refractivity contribution >= 4 is 5.97 Å². The van der Waals surface area contributed by atoms with Crippen molar-refractivity contribution in [1.82, 2.24) is 0 Å². The summed E-state index contributed by atoms with van der Waals surface area (Å²) < 4.78 is 0. The Hall–Kier alpha value is -0.830. The molecule has 1 rings (SSSR count). The summed E-state index contributed by atoms with van der Waals surface area (Å²) >= 11 is 0. The molecule has 1 saturated carbocycles. The Morgan fingerprint density at radius 2 is 2.00 bits per heavy atom. The number of carbonyl (C=O) groups is 1. The van der Waals surface area contributed by atoms with Gasteiger partial charge in [0.15, 0.2) is 0 Å². The molecule has 1 aliphatic rings. The highest BCUT2D eigenvalue weighted by atomic mass is 16.4. The fourth-order valence-electron chi connectivity index (χ4n) is 2.11. The topological polar surface area (TPSA) is 57.5 Å². The average Bonchev–Trinajstić information content (AvgIpc) is 2.09. The second kappa shape index (κ2) is 3.09.